The fourth-order valence-electron chi connectivity index (χ4n) is 2.12. The van der Waals surface area contributed by atoms with E-state index in [4.69, 9.17) is 0 Å². The summed E-state index contributed by atoms with van der Waals surface area (Å²) in [5.41, 5.74) is -1.65. The van der Waals surface area contributed by atoms with Crippen LogP contribution in [0, 0.1) is 0 Å². The molecule has 0 amide bonds. The molecular weight excluding hydrogens is 272 g/mol. The zero-order chi connectivity index (χ0) is 14.0. The Morgan fingerprint density at radius 2 is 2.11 bits per heavy atom. The van der Waals surface area contributed by atoms with Crippen LogP contribution in [0.2, 0.25) is 0 Å². The largest absolute Gasteiger partial charge is 0.325 e. The van der Waals surface area contributed by atoms with Crippen LogP contribution < -0.4 is 21.3 Å². The first kappa shape index (κ1) is 14.0. The van der Waals surface area contributed by atoms with Gasteiger partial charge in [-0.1, -0.05) is 0 Å². The van der Waals surface area contributed by atoms with Crippen molar-refractivity contribution in [1.29, 1.82) is 0 Å². The van der Waals surface area contributed by atoms with Crippen molar-refractivity contribution in [3.63, 3.8) is 0 Å². The molecule has 0 aromatic carbocycles. The molecule has 0 aliphatic carbocycles. The molecule has 19 heavy (non-hydrogen) atoms. The standard InChI is InChI=1S/C10H16N4O4S/c1-6-4-7(2-3-11-6)14-19(17,18)8-5-12-10(16)13-9(8)15/h5-7,11,14H,2-4H2,1H3,(H2,12,13,15,16). The Kier molecular flexibility index (Phi) is 3.88. The highest BCUT2D eigenvalue weighted by atomic mass is 32.2. The van der Waals surface area contributed by atoms with E-state index in [1.807, 2.05) is 11.9 Å². The van der Waals surface area contributed by atoms with Crippen molar-refractivity contribution >= 4 is 10.0 Å². The minimum absolute atomic E-state index is 0.215. The molecule has 1 saturated heterocycles. The summed E-state index contributed by atoms with van der Waals surface area (Å²) in [4.78, 5) is 25.9. The van der Waals surface area contributed by atoms with Crippen molar-refractivity contribution in [2.45, 2.75) is 36.7 Å². The van der Waals surface area contributed by atoms with Crippen LogP contribution in [0.1, 0.15) is 19.8 Å². The number of aromatic amines is 2. The predicted octanol–water partition coefficient (Wildman–Crippen LogP) is -1.52. The van der Waals surface area contributed by atoms with Gasteiger partial charge in [0.25, 0.3) is 5.56 Å². The Balaban J connectivity index is 2.23. The molecule has 1 aliphatic rings. The van der Waals surface area contributed by atoms with Gasteiger partial charge in [0.2, 0.25) is 10.0 Å². The monoisotopic (exact) mass is 288 g/mol. The molecule has 1 aliphatic heterocycles. The first-order chi connectivity index (χ1) is 8.88. The lowest BCUT2D eigenvalue weighted by Crippen LogP contribution is -2.47. The quantitative estimate of drug-likeness (QED) is 0.538. The van der Waals surface area contributed by atoms with Crippen LogP contribution in [-0.4, -0.2) is 37.0 Å². The van der Waals surface area contributed by atoms with Crippen molar-refractivity contribution in [2.75, 3.05) is 6.54 Å². The van der Waals surface area contributed by atoms with E-state index in [0.717, 1.165) is 12.7 Å². The Bertz CT molecular complexity index is 663. The summed E-state index contributed by atoms with van der Waals surface area (Å²) in [6.45, 7) is 2.68. The lowest BCUT2D eigenvalue weighted by molar-refractivity contribution is 0.361. The van der Waals surface area contributed by atoms with Crippen molar-refractivity contribution in [2.24, 2.45) is 0 Å². The summed E-state index contributed by atoms with van der Waals surface area (Å²) in [5.74, 6) is 0. The number of sulfonamides is 1. The van der Waals surface area contributed by atoms with Crippen molar-refractivity contribution in [1.82, 2.24) is 20.0 Å². The van der Waals surface area contributed by atoms with Gasteiger partial charge >= 0.3 is 5.69 Å². The van der Waals surface area contributed by atoms with Gasteiger partial charge in [-0.3, -0.25) is 9.78 Å². The Morgan fingerprint density at radius 1 is 1.37 bits per heavy atom. The van der Waals surface area contributed by atoms with Gasteiger partial charge in [0.05, 0.1) is 0 Å². The average molecular weight is 288 g/mol. The van der Waals surface area contributed by atoms with Gasteiger partial charge in [0.1, 0.15) is 0 Å². The molecule has 8 nitrogen and oxygen atoms in total. The van der Waals surface area contributed by atoms with E-state index >= 15 is 0 Å². The number of rotatable bonds is 3. The van der Waals surface area contributed by atoms with E-state index < -0.39 is 26.2 Å². The van der Waals surface area contributed by atoms with Gasteiger partial charge in [0, 0.05) is 18.3 Å². The van der Waals surface area contributed by atoms with Gasteiger partial charge in [-0.2, -0.15) is 0 Å². The van der Waals surface area contributed by atoms with Gasteiger partial charge in [-0.25, -0.2) is 17.9 Å². The minimum Gasteiger partial charge on any atom is -0.314 e. The lowest BCUT2D eigenvalue weighted by atomic mass is 10.0. The average Bonchev–Trinajstić information content (AvgIpc) is 2.27. The van der Waals surface area contributed by atoms with E-state index in [1.165, 1.54) is 0 Å². The second kappa shape index (κ2) is 5.27. The number of piperidine rings is 1. The van der Waals surface area contributed by atoms with Crippen molar-refractivity contribution < 1.29 is 8.42 Å². The predicted molar refractivity (Wildman–Crippen MR) is 68.5 cm³/mol. The minimum atomic E-state index is -3.92. The highest BCUT2D eigenvalue weighted by Crippen LogP contribution is 2.11. The third kappa shape index (κ3) is 3.31. The maximum Gasteiger partial charge on any atom is 0.325 e. The summed E-state index contributed by atoms with van der Waals surface area (Å²) in [6.07, 6.45) is 2.22. The summed E-state index contributed by atoms with van der Waals surface area (Å²) >= 11 is 0. The second-order valence-electron chi connectivity index (χ2n) is 4.63. The zero-order valence-electron chi connectivity index (χ0n) is 10.4. The lowest BCUT2D eigenvalue weighted by Gasteiger charge is -2.28. The fourth-order valence-corrected chi connectivity index (χ4v) is 3.41. The summed E-state index contributed by atoms with van der Waals surface area (Å²) < 4.78 is 26.6. The maximum atomic E-state index is 12.1. The first-order valence-electron chi connectivity index (χ1n) is 5.96. The number of hydrogen-bond donors (Lipinski definition) is 4. The molecule has 0 spiro atoms. The molecule has 106 valence electrons. The van der Waals surface area contributed by atoms with Gasteiger partial charge in [-0.05, 0) is 26.3 Å². The van der Waals surface area contributed by atoms with Gasteiger partial charge in [0.15, 0.2) is 4.90 Å². The Morgan fingerprint density at radius 3 is 2.74 bits per heavy atom. The van der Waals surface area contributed by atoms with Gasteiger partial charge < -0.3 is 10.3 Å². The number of aromatic nitrogens is 2. The third-order valence-corrected chi connectivity index (χ3v) is 4.55. The Hall–Kier alpha value is -1.45. The number of H-pyrrole nitrogens is 2. The molecule has 4 N–H and O–H groups in total. The normalized spacial score (nSPS) is 24.3. The SMILES string of the molecule is CC1CC(NS(=O)(=O)c2c[nH]c(=O)[nH]c2=O)CCN1. The summed E-state index contributed by atoms with van der Waals surface area (Å²) in [6, 6.07) is 0.00268. The third-order valence-electron chi connectivity index (χ3n) is 3.02. The highest BCUT2D eigenvalue weighted by Gasteiger charge is 2.26. The molecule has 2 rings (SSSR count). The van der Waals surface area contributed by atoms with Crippen LogP contribution in [0.15, 0.2) is 20.7 Å². The van der Waals surface area contributed by atoms with Crippen LogP contribution in [-0.2, 0) is 10.0 Å². The van der Waals surface area contributed by atoms with Crippen LogP contribution >= 0.6 is 0 Å². The fraction of sp³-hybridized carbons (Fsp3) is 0.600. The van der Waals surface area contributed by atoms with Gasteiger partial charge in [-0.15, -0.1) is 0 Å². The molecule has 0 bridgehead atoms. The molecule has 0 saturated carbocycles. The van der Waals surface area contributed by atoms with E-state index in [-0.39, 0.29) is 12.1 Å². The number of nitrogens with one attached hydrogen (secondary N) is 4. The summed E-state index contributed by atoms with van der Waals surface area (Å²) in [7, 11) is -3.92. The van der Waals surface area contributed by atoms with Crippen LogP contribution in [0.4, 0.5) is 0 Å². The smallest absolute Gasteiger partial charge is 0.314 e. The highest BCUT2D eigenvalue weighted by molar-refractivity contribution is 7.89. The van der Waals surface area contributed by atoms with Crippen molar-refractivity contribution in [3.05, 3.63) is 27.0 Å². The molecular formula is C10H16N4O4S. The van der Waals surface area contributed by atoms with E-state index in [1.54, 1.807) is 0 Å². The molecule has 1 fully saturated rings. The summed E-state index contributed by atoms with van der Waals surface area (Å²) in [5, 5.41) is 3.21. The molecule has 2 heterocycles. The first-order valence-corrected chi connectivity index (χ1v) is 7.44. The molecule has 9 heteroatoms. The Labute approximate surface area is 109 Å². The molecule has 1 aromatic rings. The topological polar surface area (TPSA) is 124 Å². The van der Waals surface area contributed by atoms with Crippen molar-refractivity contribution in [3.8, 4) is 0 Å². The van der Waals surface area contributed by atoms with E-state index in [2.05, 4.69) is 15.0 Å². The zero-order valence-corrected chi connectivity index (χ0v) is 11.2. The maximum absolute atomic E-state index is 12.1. The molecule has 1 aromatic heterocycles. The molecule has 0 radical (unpaired) electrons. The molecule has 2 atom stereocenters. The van der Waals surface area contributed by atoms with Crippen LogP contribution in [0.3, 0.4) is 0 Å². The van der Waals surface area contributed by atoms with Crippen LogP contribution in [0.25, 0.3) is 0 Å². The molecule has 2 unspecified atom stereocenters. The number of hydrogen-bond acceptors (Lipinski definition) is 5. The van der Waals surface area contributed by atoms with E-state index in [9.17, 15) is 18.0 Å². The van der Waals surface area contributed by atoms with E-state index in [0.29, 0.717) is 12.8 Å². The second-order valence-corrected chi connectivity index (χ2v) is 6.32. The van der Waals surface area contributed by atoms with Crippen LogP contribution in [0.5, 0.6) is 0 Å².